The molecule has 1 aliphatic heterocycles. The number of amides is 1. The minimum atomic E-state index is 0.137. The Morgan fingerprint density at radius 2 is 1.82 bits per heavy atom. The Morgan fingerprint density at radius 3 is 2.48 bits per heavy atom. The van der Waals surface area contributed by atoms with E-state index in [1.54, 1.807) is 0 Å². The van der Waals surface area contributed by atoms with Gasteiger partial charge in [-0.25, -0.2) is 9.97 Å². The molecule has 0 aliphatic carbocycles. The lowest BCUT2D eigenvalue weighted by molar-refractivity contribution is -0.130. The van der Waals surface area contributed by atoms with Crippen LogP contribution >= 0.6 is 0 Å². The van der Waals surface area contributed by atoms with Crippen LogP contribution in [0.25, 0.3) is 11.3 Å². The third-order valence-corrected chi connectivity index (χ3v) is 6.70. The number of carbonyl (C=O) groups excluding carboxylic acids is 1. The molecule has 1 saturated heterocycles. The highest BCUT2D eigenvalue weighted by Crippen LogP contribution is 2.33. The van der Waals surface area contributed by atoms with Gasteiger partial charge in [-0.3, -0.25) is 14.8 Å². The number of likely N-dealkylation sites (N-methyl/N-ethyl adjacent to an activating group) is 1. The number of likely N-dealkylation sites (tertiary alicyclic amines) is 1. The van der Waals surface area contributed by atoms with Gasteiger partial charge in [0.15, 0.2) is 0 Å². The van der Waals surface area contributed by atoms with Crippen molar-refractivity contribution in [3.63, 3.8) is 0 Å². The van der Waals surface area contributed by atoms with Crippen molar-refractivity contribution in [2.45, 2.75) is 59.5 Å². The number of benzene rings is 1. The maximum Gasteiger partial charge on any atom is 0.227 e. The van der Waals surface area contributed by atoms with Crippen molar-refractivity contribution in [3.05, 3.63) is 64.9 Å². The smallest absolute Gasteiger partial charge is 0.227 e. The quantitative estimate of drug-likeness (QED) is 0.560. The first-order chi connectivity index (χ1) is 16.0. The van der Waals surface area contributed by atoms with Crippen LogP contribution in [0, 0.1) is 13.8 Å². The van der Waals surface area contributed by atoms with Crippen LogP contribution in [-0.4, -0.2) is 55.5 Å². The number of hydrogen-bond acceptors (Lipinski definition) is 5. The van der Waals surface area contributed by atoms with E-state index in [1.165, 1.54) is 5.56 Å². The lowest BCUT2D eigenvalue weighted by atomic mass is 10.1. The molecule has 0 spiro atoms. The molecule has 1 atom stereocenters. The van der Waals surface area contributed by atoms with Crippen LogP contribution in [0.4, 0.5) is 0 Å². The molecule has 3 heterocycles. The lowest BCUT2D eigenvalue weighted by Crippen LogP contribution is -2.32. The van der Waals surface area contributed by atoms with E-state index in [0.717, 1.165) is 73.1 Å². The molecule has 33 heavy (non-hydrogen) atoms. The highest BCUT2D eigenvalue weighted by atomic mass is 16.2. The van der Waals surface area contributed by atoms with E-state index in [4.69, 9.17) is 9.97 Å². The summed E-state index contributed by atoms with van der Waals surface area (Å²) in [6.07, 6.45) is 4.45. The zero-order chi connectivity index (χ0) is 23.4. The molecule has 1 N–H and O–H groups in total. The molecule has 1 fully saturated rings. The third-order valence-electron chi connectivity index (χ3n) is 6.70. The Balaban J connectivity index is 1.54. The molecule has 7 nitrogen and oxygen atoms in total. The van der Waals surface area contributed by atoms with Crippen molar-refractivity contribution >= 4 is 5.91 Å². The van der Waals surface area contributed by atoms with Crippen LogP contribution in [0.5, 0.6) is 0 Å². The summed E-state index contributed by atoms with van der Waals surface area (Å²) in [5, 5.41) is 7.48. The first-order valence-electron chi connectivity index (χ1n) is 11.9. The number of rotatable bonds is 8. The van der Waals surface area contributed by atoms with Crippen molar-refractivity contribution in [3.8, 4) is 11.3 Å². The fraction of sp³-hybridized carbons (Fsp3) is 0.462. The van der Waals surface area contributed by atoms with Crippen LogP contribution in [0.2, 0.25) is 0 Å². The van der Waals surface area contributed by atoms with Crippen LogP contribution in [-0.2, 0) is 17.8 Å². The summed E-state index contributed by atoms with van der Waals surface area (Å²) in [6.45, 7) is 11.3. The maximum atomic E-state index is 12.7. The number of aromatic amines is 1. The number of carbonyl (C=O) groups is 1. The van der Waals surface area contributed by atoms with Crippen molar-refractivity contribution in [2.24, 2.45) is 0 Å². The summed E-state index contributed by atoms with van der Waals surface area (Å²) in [4.78, 5) is 26.8. The number of hydrogen-bond donors (Lipinski definition) is 1. The second-order valence-electron chi connectivity index (χ2n) is 8.74. The molecule has 2 aromatic heterocycles. The first-order valence-corrected chi connectivity index (χ1v) is 11.9. The number of aryl methyl sites for hydroxylation is 2. The summed E-state index contributed by atoms with van der Waals surface area (Å²) >= 11 is 0. The summed E-state index contributed by atoms with van der Waals surface area (Å²) in [5.41, 5.74) is 6.19. The Hall–Kier alpha value is -3.06. The molecule has 4 rings (SSSR count). The van der Waals surface area contributed by atoms with Crippen LogP contribution < -0.4 is 0 Å². The summed E-state index contributed by atoms with van der Waals surface area (Å²) < 4.78 is 0. The Kier molecular flexibility index (Phi) is 7.18. The van der Waals surface area contributed by atoms with E-state index in [-0.39, 0.29) is 11.9 Å². The molecule has 1 unspecified atom stereocenters. The van der Waals surface area contributed by atoms with Gasteiger partial charge in [-0.05, 0) is 52.6 Å². The third kappa shape index (κ3) is 4.98. The van der Waals surface area contributed by atoms with Crippen LogP contribution in [0.15, 0.2) is 36.5 Å². The topological polar surface area (TPSA) is 78.0 Å². The number of aromatic nitrogens is 4. The number of nitrogens with zero attached hydrogens (tertiary/aromatic N) is 5. The highest BCUT2D eigenvalue weighted by Gasteiger charge is 2.30. The first kappa shape index (κ1) is 23.1. The van der Waals surface area contributed by atoms with Gasteiger partial charge in [0.25, 0.3) is 0 Å². The van der Waals surface area contributed by atoms with Gasteiger partial charge in [-0.15, -0.1) is 0 Å². The summed E-state index contributed by atoms with van der Waals surface area (Å²) in [5.74, 6) is 1.00. The van der Waals surface area contributed by atoms with Crippen molar-refractivity contribution < 1.29 is 4.79 Å². The van der Waals surface area contributed by atoms with Gasteiger partial charge >= 0.3 is 0 Å². The molecule has 0 radical (unpaired) electrons. The van der Waals surface area contributed by atoms with E-state index in [0.29, 0.717) is 6.42 Å². The molecule has 174 valence electrons. The molecule has 0 bridgehead atoms. The fourth-order valence-corrected chi connectivity index (χ4v) is 4.82. The van der Waals surface area contributed by atoms with Crippen LogP contribution in [0.1, 0.15) is 61.1 Å². The van der Waals surface area contributed by atoms with E-state index in [2.05, 4.69) is 27.2 Å². The van der Waals surface area contributed by atoms with Gasteiger partial charge in [0.05, 0.1) is 24.4 Å². The van der Waals surface area contributed by atoms with Gasteiger partial charge in [-0.2, -0.15) is 5.10 Å². The molecule has 1 aromatic carbocycles. The van der Waals surface area contributed by atoms with Gasteiger partial charge in [-0.1, -0.05) is 30.3 Å². The average Bonchev–Trinajstić information content (AvgIpc) is 3.47. The summed E-state index contributed by atoms with van der Waals surface area (Å²) in [6, 6.07) is 10.5. The fourth-order valence-electron chi connectivity index (χ4n) is 4.82. The molecule has 3 aromatic rings. The standard InChI is InChI=1S/C26H34N6O/c1-5-31(6-2)24(33)15-22-18(3)28-26(29-19(22)4)23-13-10-14-32(23)17-21-16-27-30-25(21)20-11-8-7-9-12-20/h7-9,11-12,16,23H,5-6,10,13-15,17H2,1-4H3,(H,27,30). The number of nitrogens with one attached hydrogen (secondary N) is 1. The van der Waals surface area contributed by atoms with E-state index in [1.807, 2.05) is 57.0 Å². The zero-order valence-electron chi connectivity index (χ0n) is 20.1. The maximum absolute atomic E-state index is 12.7. The number of H-pyrrole nitrogens is 1. The largest absolute Gasteiger partial charge is 0.343 e. The van der Waals surface area contributed by atoms with Crippen molar-refractivity contribution in [1.29, 1.82) is 0 Å². The van der Waals surface area contributed by atoms with Gasteiger partial charge in [0, 0.05) is 42.1 Å². The Morgan fingerprint density at radius 1 is 1.12 bits per heavy atom. The van der Waals surface area contributed by atoms with Crippen molar-refractivity contribution in [1.82, 2.24) is 30.0 Å². The molecule has 7 heteroatoms. The predicted molar refractivity (Wildman–Crippen MR) is 130 cm³/mol. The van der Waals surface area contributed by atoms with Crippen LogP contribution in [0.3, 0.4) is 0 Å². The highest BCUT2D eigenvalue weighted by molar-refractivity contribution is 5.79. The predicted octanol–water partition coefficient (Wildman–Crippen LogP) is 4.23. The normalized spacial score (nSPS) is 16.3. The Bertz CT molecular complexity index is 1070. The van der Waals surface area contributed by atoms with Gasteiger partial charge < -0.3 is 4.90 Å². The van der Waals surface area contributed by atoms with E-state index in [9.17, 15) is 4.79 Å². The van der Waals surface area contributed by atoms with E-state index >= 15 is 0 Å². The monoisotopic (exact) mass is 446 g/mol. The minimum absolute atomic E-state index is 0.137. The molecular weight excluding hydrogens is 412 g/mol. The average molecular weight is 447 g/mol. The molecule has 1 amide bonds. The van der Waals surface area contributed by atoms with Gasteiger partial charge in [0.1, 0.15) is 5.82 Å². The lowest BCUT2D eigenvalue weighted by Gasteiger charge is -2.25. The van der Waals surface area contributed by atoms with Gasteiger partial charge in [0.2, 0.25) is 5.91 Å². The second kappa shape index (κ2) is 10.3. The van der Waals surface area contributed by atoms with Crippen molar-refractivity contribution in [2.75, 3.05) is 19.6 Å². The minimum Gasteiger partial charge on any atom is -0.343 e. The molecular formula is C26H34N6O. The zero-order valence-corrected chi connectivity index (χ0v) is 20.1. The van der Waals surface area contributed by atoms with E-state index < -0.39 is 0 Å². The molecule has 1 aliphatic rings. The molecule has 0 saturated carbocycles. The SMILES string of the molecule is CCN(CC)C(=O)Cc1c(C)nc(C2CCCN2Cc2cn[nH]c2-c2ccccc2)nc1C. The summed E-state index contributed by atoms with van der Waals surface area (Å²) in [7, 11) is 0. The second-order valence-corrected chi connectivity index (χ2v) is 8.74. The Labute approximate surface area is 196 Å².